The number of carbonyl (C=O) groups excluding carboxylic acids is 2. The minimum atomic E-state index is -0.240. The minimum absolute atomic E-state index is 0.218. The zero-order valence-electron chi connectivity index (χ0n) is 7.15. The van der Waals surface area contributed by atoms with Crippen molar-refractivity contribution in [1.82, 2.24) is 9.88 Å². The molecule has 0 saturated heterocycles. The highest BCUT2D eigenvalue weighted by molar-refractivity contribution is 6.21. The van der Waals surface area contributed by atoms with Gasteiger partial charge in [-0.15, -0.1) is 0 Å². The van der Waals surface area contributed by atoms with E-state index in [1.165, 1.54) is 17.3 Å². The molecule has 0 radical (unpaired) electrons. The first-order valence-corrected chi connectivity index (χ1v) is 4.06. The summed E-state index contributed by atoms with van der Waals surface area (Å²) in [5.41, 5.74) is 0.871. The van der Waals surface area contributed by atoms with E-state index in [-0.39, 0.29) is 11.8 Å². The van der Waals surface area contributed by atoms with Crippen LogP contribution in [0.25, 0.3) is 0 Å². The van der Waals surface area contributed by atoms with Crippen molar-refractivity contribution in [3.8, 4) is 0 Å². The molecule has 1 aromatic heterocycles. The summed E-state index contributed by atoms with van der Waals surface area (Å²) in [6.07, 6.45) is 2.95. The van der Waals surface area contributed by atoms with Gasteiger partial charge in [0.05, 0.1) is 11.1 Å². The number of imide groups is 1. The van der Waals surface area contributed by atoms with Crippen LogP contribution >= 0.6 is 0 Å². The molecule has 1 aliphatic rings. The highest BCUT2D eigenvalue weighted by Gasteiger charge is 2.33. The van der Waals surface area contributed by atoms with E-state index in [9.17, 15) is 9.59 Å². The van der Waals surface area contributed by atoms with Gasteiger partial charge in [0.25, 0.3) is 11.8 Å². The molecular weight excluding hydrogens is 168 g/mol. The molecule has 2 rings (SSSR count). The number of rotatable bonds is 1. The molecule has 0 unspecified atom stereocenters. The summed E-state index contributed by atoms with van der Waals surface area (Å²) >= 11 is 0. The van der Waals surface area contributed by atoms with Crippen LogP contribution in [-0.4, -0.2) is 28.2 Å². The van der Waals surface area contributed by atoms with Crippen LogP contribution in [0.15, 0.2) is 18.5 Å². The number of nitrogens with zero attached hydrogens (tertiary/aromatic N) is 2. The van der Waals surface area contributed by atoms with Gasteiger partial charge in [-0.3, -0.25) is 19.5 Å². The van der Waals surface area contributed by atoms with Crippen LogP contribution in [0.1, 0.15) is 27.6 Å². The lowest BCUT2D eigenvalue weighted by molar-refractivity contribution is 0.0663. The molecule has 2 heterocycles. The zero-order valence-corrected chi connectivity index (χ0v) is 7.15. The Balaban J connectivity index is 2.57. The summed E-state index contributed by atoms with van der Waals surface area (Å²) in [5.74, 6) is -0.458. The van der Waals surface area contributed by atoms with E-state index < -0.39 is 0 Å². The maximum absolute atomic E-state index is 11.5. The summed E-state index contributed by atoms with van der Waals surface area (Å²) in [4.78, 5) is 28.0. The van der Waals surface area contributed by atoms with E-state index in [1.807, 2.05) is 0 Å². The van der Waals surface area contributed by atoms with Gasteiger partial charge in [-0.25, -0.2) is 0 Å². The highest BCUT2D eigenvalue weighted by atomic mass is 16.2. The lowest BCUT2D eigenvalue weighted by Crippen LogP contribution is -2.29. The predicted octanol–water partition coefficient (Wildman–Crippen LogP) is 0.698. The number of carbonyl (C=O) groups is 2. The predicted molar refractivity (Wildman–Crippen MR) is 45.3 cm³/mol. The third-order valence-electron chi connectivity index (χ3n) is 2.09. The molecule has 4 nitrogen and oxygen atoms in total. The first-order valence-electron chi connectivity index (χ1n) is 4.06. The average Bonchev–Trinajstić information content (AvgIpc) is 2.41. The smallest absolute Gasteiger partial charge is 0.263 e. The summed E-state index contributed by atoms with van der Waals surface area (Å²) in [6.45, 7) is 2.18. The number of fused-ring (bicyclic) bond motifs is 1. The van der Waals surface area contributed by atoms with Crippen molar-refractivity contribution >= 4 is 11.8 Å². The Bertz CT molecular complexity index is 352. The van der Waals surface area contributed by atoms with Crippen LogP contribution in [-0.2, 0) is 0 Å². The molecule has 0 aromatic carbocycles. The zero-order chi connectivity index (χ0) is 9.42. The molecule has 0 bridgehead atoms. The summed E-state index contributed by atoms with van der Waals surface area (Å²) in [5, 5.41) is 0. The quantitative estimate of drug-likeness (QED) is 0.592. The molecule has 66 valence electrons. The van der Waals surface area contributed by atoms with Crippen molar-refractivity contribution in [3.05, 3.63) is 29.6 Å². The van der Waals surface area contributed by atoms with Crippen molar-refractivity contribution in [2.45, 2.75) is 6.92 Å². The Kier molecular flexibility index (Phi) is 1.62. The molecule has 2 amide bonds. The van der Waals surface area contributed by atoms with Crippen molar-refractivity contribution in [2.24, 2.45) is 0 Å². The monoisotopic (exact) mass is 176 g/mol. The van der Waals surface area contributed by atoms with E-state index in [0.29, 0.717) is 17.7 Å². The van der Waals surface area contributed by atoms with Crippen LogP contribution in [0, 0.1) is 0 Å². The minimum Gasteiger partial charge on any atom is -0.275 e. The summed E-state index contributed by atoms with van der Waals surface area (Å²) in [7, 11) is 0. The molecule has 1 aromatic rings. The Morgan fingerprint density at radius 3 is 2.62 bits per heavy atom. The van der Waals surface area contributed by atoms with Gasteiger partial charge in [0.1, 0.15) is 0 Å². The molecule has 0 spiro atoms. The SMILES string of the molecule is CCN1C(=O)c2ccncc2C1=O. The van der Waals surface area contributed by atoms with Crippen molar-refractivity contribution in [3.63, 3.8) is 0 Å². The lowest BCUT2D eigenvalue weighted by Gasteiger charge is -2.08. The maximum Gasteiger partial charge on any atom is 0.263 e. The fourth-order valence-corrected chi connectivity index (χ4v) is 1.42. The molecule has 0 fully saturated rings. The van der Waals surface area contributed by atoms with Gasteiger partial charge in [-0.05, 0) is 13.0 Å². The third-order valence-corrected chi connectivity index (χ3v) is 2.09. The summed E-state index contributed by atoms with van der Waals surface area (Å²) in [6, 6.07) is 1.57. The lowest BCUT2D eigenvalue weighted by atomic mass is 10.2. The Labute approximate surface area is 75.2 Å². The Hall–Kier alpha value is -1.71. The topological polar surface area (TPSA) is 50.3 Å². The van der Waals surface area contributed by atoms with Gasteiger partial charge >= 0.3 is 0 Å². The average molecular weight is 176 g/mol. The number of pyridine rings is 1. The number of aromatic nitrogens is 1. The van der Waals surface area contributed by atoms with Crippen molar-refractivity contribution < 1.29 is 9.59 Å². The van der Waals surface area contributed by atoms with Crippen LogP contribution in [0.2, 0.25) is 0 Å². The fourth-order valence-electron chi connectivity index (χ4n) is 1.42. The van der Waals surface area contributed by atoms with Crippen LogP contribution in [0.3, 0.4) is 0 Å². The first kappa shape index (κ1) is 7.91. The second-order valence-electron chi connectivity index (χ2n) is 2.78. The van der Waals surface area contributed by atoms with Gasteiger partial charge in [0.2, 0.25) is 0 Å². The number of hydrogen-bond acceptors (Lipinski definition) is 3. The van der Waals surface area contributed by atoms with E-state index in [1.54, 1.807) is 13.0 Å². The molecule has 0 atom stereocenters. The first-order chi connectivity index (χ1) is 6.25. The molecule has 0 saturated carbocycles. The highest BCUT2D eigenvalue weighted by Crippen LogP contribution is 2.20. The molecule has 13 heavy (non-hydrogen) atoms. The molecule has 0 N–H and O–H groups in total. The van der Waals surface area contributed by atoms with Gasteiger partial charge in [0.15, 0.2) is 0 Å². The largest absolute Gasteiger partial charge is 0.275 e. The normalized spacial score (nSPS) is 15.0. The van der Waals surface area contributed by atoms with E-state index in [2.05, 4.69) is 4.98 Å². The molecule has 0 aliphatic carbocycles. The van der Waals surface area contributed by atoms with Crippen molar-refractivity contribution in [1.29, 1.82) is 0 Å². The van der Waals surface area contributed by atoms with Gasteiger partial charge in [0, 0.05) is 18.9 Å². The maximum atomic E-state index is 11.5. The van der Waals surface area contributed by atoms with Gasteiger partial charge < -0.3 is 0 Å². The number of hydrogen-bond donors (Lipinski definition) is 0. The second-order valence-corrected chi connectivity index (χ2v) is 2.78. The van der Waals surface area contributed by atoms with Crippen LogP contribution in [0.5, 0.6) is 0 Å². The summed E-state index contributed by atoms with van der Waals surface area (Å²) < 4.78 is 0. The van der Waals surface area contributed by atoms with Crippen LogP contribution in [0.4, 0.5) is 0 Å². The van der Waals surface area contributed by atoms with E-state index >= 15 is 0 Å². The third kappa shape index (κ3) is 0.950. The van der Waals surface area contributed by atoms with E-state index in [0.717, 1.165) is 0 Å². The molecule has 4 heteroatoms. The Morgan fingerprint density at radius 1 is 1.31 bits per heavy atom. The van der Waals surface area contributed by atoms with E-state index in [4.69, 9.17) is 0 Å². The van der Waals surface area contributed by atoms with Crippen LogP contribution < -0.4 is 0 Å². The van der Waals surface area contributed by atoms with Gasteiger partial charge in [-0.2, -0.15) is 0 Å². The van der Waals surface area contributed by atoms with Gasteiger partial charge in [-0.1, -0.05) is 0 Å². The molecule has 1 aliphatic heterocycles. The number of amides is 2. The Morgan fingerprint density at radius 2 is 2.00 bits per heavy atom. The molecular formula is C9H8N2O2. The van der Waals surface area contributed by atoms with Crippen molar-refractivity contribution in [2.75, 3.05) is 6.54 Å². The second kappa shape index (κ2) is 2.65. The fraction of sp³-hybridized carbons (Fsp3) is 0.222. The standard InChI is InChI=1S/C9H8N2O2/c1-2-11-8(12)6-3-4-10-5-7(6)9(11)13/h3-5H,2H2,1H3.